The predicted octanol–water partition coefficient (Wildman–Crippen LogP) is 5.01. The minimum absolute atomic E-state index is 0. The van der Waals surface area contributed by atoms with Crippen molar-refractivity contribution in [3.8, 4) is 5.75 Å². The van der Waals surface area contributed by atoms with E-state index in [2.05, 4.69) is 17.4 Å². The van der Waals surface area contributed by atoms with Crippen LogP contribution < -0.4 is 15.0 Å². The summed E-state index contributed by atoms with van der Waals surface area (Å²) >= 11 is 0. The fourth-order valence-corrected chi connectivity index (χ4v) is 4.96. The Labute approximate surface area is 197 Å². The van der Waals surface area contributed by atoms with Crippen molar-refractivity contribution in [3.63, 3.8) is 0 Å². The van der Waals surface area contributed by atoms with Crippen LogP contribution in [0.2, 0.25) is 0 Å². The van der Waals surface area contributed by atoms with Crippen molar-refractivity contribution in [3.05, 3.63) is 59.7 Å². The van der Waals surface area contributed by atoms with Gasteiger partial charge in [0.1, 0.15) is 5.75 Å². The average molecular weight is 485 g/mol. The van der Waals surface area contributed by atoms with E-state index in [1.54, 1.807) is 12.1 Å². The summed E-state index contributed by atoms with van der Waals surface area (Å²) in [7, 11) is 2.66. The van der Waals surface area contributed by atoms with Gasteiger partial charge in [-0.3, -0.25) is 4.79 Å². The molecule has 3 unspecified atom stereocenters. The third-order valence-electron chi connectivity index (χ3n) is 6.54. The summed E-state index contributed by atoms with van der Waals surface area (Å²) in [6.07, 6.45) is -2.36. The Morgan fingerprint density at radius 3 is 2.61 bits per heavy atom. The number of nitrogens with one attached hydrogen (secondary N) is 1. The number of halogens is 4. The first kappa shape index (κ1) is 25.3. The van der Waals surface area contributed by atoms with E-state index in [9.17, 15) is 18.0 Å². The van der Waals surface area contributed by atoms with Crippen LogP contribution in [0.5, 0.6) is 5.75 Å². The average Bonchev–Trinajstić information content (AvgIpc) is 3.21. The molecule has 0 bridgehead atoms. The Morgan fingerprint density at radius 2 is 1.94 bits per heavy atom. The summed E-state index contributed by atoms with van der Waals surface area (Å²) < 4.78 is 50.7. The van der Waals surface area contributed by atoms with E-state index in [1.807, 2.05) is 18.2 Å². The van der Waals surface area contributed by atoms with Gasteiger partial charge in [0, 0.05) is 24.2 Å². The number of carbonyl (C=O) groups is 1. The molecule has 2 saturated heterocycles. The SMILES string of the molecule is COc1ccc(N(C)C(=O)C(F)(F)F)cc1C1COC2(CCCNC2c2ccccc2)C1.Cl. The van der Waals surface area contributed by atoms with Gasteiger partial charge in [0.25, 0.3) is 0 Å². The van der Waals surface area contributed by atoms with Crippen molar-refractivity contribution in [2.45, 2.75) is 43.0 Å². The maximum atomic E-state index is 12.9. The molecule has 1 N–H and O–H groups in total. The number of anilines is 1. The van der Waals surface area contributed by atoms with E-state index in [-0.39, 0.29) is 30.1 Å². The summed E-state index contributed by atoms with van der Waals surface area (Å²) in [6, 6.07) is 14.9. The Bertz CT molecular complexity index is 973. The number of piperidine rings is 1. The van der Waals surface area contributed by atoms with E-state index in [0.717, 1.165) is 37.6 Å². The monoisotopic (exact) mass is 484 g/mol. The van der Waals surface area contributed by atoms with Crippen LogP contribution in [0.4, 0.5) is 18.9 Å². The van der Waals surface area contributed by atoms with Gasteiger partial charge in [-0.1, -0.05) is 30.3 Å². The molecule has 5 nitrogen and oxygen atoms in total. The zero-order chi connectivity index (χ0) is 22.9. The normalized spacial score (nSPS) is 24.9. The molecule has 1 amide bonds. The van der Waals surface area contributed by atoms with Crippen molar-refractivity contribution < 1.29 is 27.4 Å². The van der Waals surface area contributed by atoms with Crippen LogP contribution >= 0.6 is 12.4 Å². The Kier molecular flexibility index (Phi) is 7.61. The van der Waals surface area contributed by atoms with Gasteiger partial charge in [0.05, 0.1) is 25.4 Å². The molecule has 2 aromatic carbocycles. The number of nitrogens with zero attached hydrogens (tertiary/aromatic N) is 1. The standard InChI is InChI=1S/C24H27F3N2O3.ClH/c1-29(22(30)24(25,26)27)18-9-10-20(31-2)19(13-18)17-14-23(32-15-17)11-6-12-28-21(23)16-7-4-3-5-8-16;/h3-5,7-10,13,17,21,28H,6,11-12,14-15H2,1-2H3;1H. The first-order valence-electron chi connectivity index (χ1n) is 10.7. The van der Waals surface area contributed by atoms with Crippen LogP contribution in [-0.4, -0.2) is 45.0 Å². The van der Waals surface area contributed by atoms with E-state index < -0.39 is 17.7 Å². The lowest BCUT2D eigenvalue weighted by molar-refractivity contribution is -0.170. The van der Waals surface area contributed by atoms with Crippen LogP contribution in [0.3, 0.4) is 0 Å². The number of benzene rings is 2. The predicted molar refractivity (Wildman–Crippen MR) is 122 cm³/mol. The fourth-order valence-electron chi connectivity index (χ4n) is 4.96. The van der Waals surface area contributed by atoms with Crippen LogP contribution in [0, 0.1) is 0 Å². The fraction of sp³-hybridized carbons (Fsp3) is 0.458. The molecule has 33 heavy (non-hydrogen) atoms. The molecule has 3 atom stereocenters. The highest BCUT2D eigenvalue weighted by Gasteiger charge is 2.49. The summed E-state index contributed by atoms with van der Waals surface area (Å²) in [6.45, 7) is 1.33. The zero-order valence-electron chi connectivity index (χ0n) is 18.5. The lowest BCUT2D eigenvalue weighted by Crippen LogP contribution is -2.48. The quantitative estimate of drug-likeness (QED) is 0.663. The summed E-state index contributed by atoms with van der Waals surface area (Å²) in [5, 5.41) is 3.60. The highest BCUT2D eigenvalue weighted by Crippen LogP contribution is 2.50. The third-order valence-corrected chi connectivity index (χ3v) is 6.54. The molecule has 2 aromatic rings. The molecule has 0 radical (unpaired) electrons. The van der Waals surface area contributed by atoms with Crippen molar-refractivity contribution in [1.29, 1.82) is 0 Å². The van der Waals surface area contributed by atoms with Crippen molar-refractivity contribution in [2.24, 2.45) is 0 Å². The van der Waals surface area contributed by atoms with Crippen LogP contribution in [-0.2, 0) is 9.53 Å². The topological polar surface area (TPSA) is 50.8 Å². The highest BCUT2D eigenvalue weighted by molar-refractivity contribution is 5.97. The smallest absolute Gasteiger partial charge is 0.471 e. The van der Waals surface area contributed by atoms with Crippen molar-refractivity contribution in [2.75, 3.05) is 32.2 Å². The molecule has 2 fully saturated rings. The third kappa shape index (κ3) is 4.98. The van der Waals surface area contributed by atoms with Gasteiger partial charge in [-0.05, 0) is 49.6 Å². The first-order chi connectivity index (χ1) is 15.2. The second-order valence-electron chi connectivity index (χ2n) is 8.47. The second kappa shape index (κ2) is 9.91. The van der Waals surface area contributed by atoms with Crippen LogP contribution in [0.1, 0.15) is 42.3 Å². The van der Waals surface area contributed by atoms with Gasteiger partial charge < -0.3 is 19.7 Å². The summed E-state index contributed by atoms with van der Waals surface area (Å²) in [5.41, 5.74) is 1.68. The summed E-state index contributed by atoms with van der Waals surface area (Å²) in [4.78, 5) is 12.4. The number of alkyl halides is 3. The lowest BCUT2D eigenvalue weighted by atomic mass is 9.77. The Morgan fingerprint density at radius 1 is 1.21 bits per heavy atom. The molecule has 2 heterocycles. The van der Waals surface area contributed by atoms with Crippen molar-refractivity contribution >= 4 is 24.0 Å². The van der Waals surface area contributed by atoms with E-state index in [1.165, 1.54) is 13.2 Å². The first-order valence-corrected chi connectivity index (χ1v) is 10.7. The molecule has 0 saturated carbocycles. The van der Waals surface area contributed by atoms with Crippen molar-refractivity contribution in [1.82, 2.24) is 5.32 Å². The largest absolute Gasteiger partial charge is 0.496 e. The number of amides is 1. The molecular weight excluding hydrogens is 457 g/mol. The second-order valence-corrected chi connectivity index (χ2v) is 8.47. The molecule has 0 aromatic heterocycles. The minimum atomic E-state index is -4.94. The van der Waals surface area contributed by atoms with Gasteiger partial charge in [0.2, 0.25) is 0 Å². The summed E-state index contributed by atoms with van der Waals surface area (Å²) in [5.74, 6) is -1.40. The van der Waals surface area contributed by atoms with Crippen LogP contribution in [0.25, 0.3) is 0 Å². The molecule has 0 aliphatic carbocycles. The molecule has 180 valence electrons. The lowest BCUT2D eigenvalue weighted by Gasteiger charge is -2.41. The molecule has 2 aliphatic rings. The molecular formula is C24H28ClF3N2O3. The van der Waals surface area contributed by atoms with Gasteiger partial charge in [0.15, 0.2) is 0 Å². The molecule has 4 rings (SSSR count). The minimum Gasteiger partial charge on any atom is -0.496 e. The molecule has 9 heteroatoms. The Balaban J connectivity index is 0.00000306. The maximum Gasteiger partial charge on any atom is 0.471 e. The highest BCUT2D eigenvalue weighted by atomic mass is 35.5. The van der Waals surface area contributed by atoms with Gasteiger partial charge in [-0.2, -0.15) is 13.2 Å². The van der Waals surface area contributed by atoms with E-state index >= 15 is 0 Å². The number of rotatable bonds is 4. The number of carbonyl (C=O) groups excluding carboxylic acids is 1. The number of hydrogen-bond acceptors (Lipinski definition) is 4. The number of methoxy groups -OCH3 is 1. The maximum absolute atomic E-state index is 12.9. The van der Waals surface area contributed by atoms with Crippen LogP contribution in [0.15, 0.2) is 48.5 Å². The van der Waals surface area contributed by atoms with E-state index in [0.29, 0.717) is 23.7 Å². The van der Waals surface area contributed by atoms with Gasteiger partial charge >= 0.3 is 12.1 Å². The van der Waals surface area contributed by atoms with Gasteiger partial charge in [-0.25, -0.2) is 0 Å². The number of ether oxygens (including phenoxy) is 2. The number of hydrogen-bond donors (Lipinski definition) is 1. The molecule has 1 spiro atoms. The van der Waals surface area contributed by atoms with E-state index in [4.69, 9.17) is 9.47 Å². The van der Waals surface area contributed by atoms with Gasteiger partial charge in [-0.15, -0.1) is 12.4 Å². The Hall–Kier alpha value is -2.29. The molecule has 2 aliphatic heterocycles. The zero-order valence-corrected chi connectivity index (χ0v) is 19.3.